The van der Waals surface area contributed by atoms with Crippen LogP contribution in [0.15, 0.2) is 30.3 Å². The van der Waals surface area contributed by atoms with Crippen molar-refractivity contribution in [3.63, 3.8) is 0 Å². The van der Waals surface area contributed by atoms with Crippen LogP contribution in [-0.4, -0.2) is 7.11 Å². The van der Waals surface area contributed by atoms with Gasteiger partial charge in [-0.25, -0.2) is 4.39 Å². The van der Waals surface area contributed by atoms with Gasteiger partial charge < -0.3 is 10.1 Å². The summed E-state index contributed by atoms with van der Waals surface area (Å²) in [5.74, 6) is 0.597. The van der Waals surface area contributed by atoms with Crippen LogP contribution in [0.2, 0.25) is 5.02 Å². The van der Waals surface area contributed by atoms with Crippen LogP contribution in [0.5, 0.6) is 5.75 Å². The van der Waals surface area contributed by atoms with Crippen molar-refractivity contribution in [2.75, 3.05) is 12.4 Å². The number of methoxy groups -OCH3 is 1. The zero-order valence-corrected chi connectivity index (χ0v) is 12.1. The summed E-state index contributed by atoms with van der Waals surface area (Å²) in [6, 6.07) is 8.79. The molecule has 1 atom stereocenters. The van der Waals surface area contributed by atoms with Gasteiger partial charge in [0.25, 0.3) is 0 Å². The highest BCUT2D eigenvalue weighted by atomic mass is 35.5. The molecule has 20 heavy (non-hydrogen) atoms. The number of fused-ring (bicyclic) bond motifs is 1. The van der Waals surface area contributed by atoms with Crippen molar-refractivity contribution in [1.29, 1.82) is 0 Å². The average Bonchev–Trinajstić information content (AvgIpc) is 2.89. The van der Waals surface area contributed by atoms with E-state index in [0.29, 0.717) is 11.4 Å². The maximum atomic E-state index is 13.9. The van der Waals surface area contributed by atoms with Gasteiger partial charge in [-0.1, -0.05) is 17.7 Å². The largest absolute Gasteiger partial charge is 0.496 e. The number of halogens is 2. The van der Waals surface area contributed by atoms with Crippen molar-refractivity contribution >= 4 is 17.3 Å². The summed E-state index contributed by atoms with van der Waals surface area (Å²) < 4.78 is 19.3. The molecule has 2 nitrogen and oxygen atoms in total. The Balaban J connectivity index is 2.02. The van der Waals surface area contributed by atoms with Gasteiger partial charge in [-0.15, -0.1) is 0 Å². The highest BCUT2D eigenvalue weighted by Crippen LogP contribution is 2.41. The standard InChI is InChI=1S/C16H15ClFNO/c1-9-3-5-13(18)11-8-14(19-16(9)11)12-7-10(17)4-6-15(12)20-2/h3-7,14,19H,8H2,1-2H3. The molecular weight excluding hydrogens is 277 g/mol. The predicted molar refractivity (Wildman–Crippen MR) is 79.2 cm³/mol. The van der Waals surface area contributed by atoms with Crippen LogP contribution in [0.25, 0.3) is 0 Å². The lowest BCUT2D eigenvalue weighted by Crippen LogP contribution is -2.08. The van der Waals surface area contributed by atoms with Gasteiger partial charge in [-0.2, -0.15) is 0 Å². The molecule has 0 spiro atoms. The highest BCUT2D eigenvalue weighted by molar-refractivity contribution is 6.30. The van der Waals surface area contributed by atoms with Crippen LogP contribution in [-0.2, 0) is 6.42 Å². The Morgan fingerprint density at radius 3 is 2.80 bits per heavy atom. The number of aryl methyl sites for hydroxylation is 1. The van der Waals surface area contributed by atoms with Gasteiger partial charge in [0.2, 0.25) is 0 Å². The maximum absolute atomic E-state index is 13.9. The zero-order chi connectivity index (χ0) is 14.3. The van der Waals surface area contributed by atoms with E-state index < -0.39 is 0 Å². The van der Waals surface area contributed by atoms with Crippen molar-refractivity contribution in [1.82, 2.24) is 0 Å². The van der Waals surface area contributed by atoms with Crippen molar-refractivity contribution < 1.29 is 9.13 Å². The summed E-state index contributed by atoms with van der Waals surface area (Å²) in [5, 5.41) is 4.03. The molecule has 1 unspecified atom stereocenters. The monoisotopic (exact) mass is 291 g/mol. The second kappa shape index (κ2) is 4.98. The second-order valence-electron chi connectivity index (χ2n) is 5.01. The molecule has 0 aliphatic carbocycles. The minimum atomic E-state index is -0.165. The first-order chi connectivity index (χ1) is 9.60. The lowest BCUT2D eigenvalue weighted by molar-refractivity contribution is 0.407. The average molecular weight is 292 g/mol. The fraction of sp³-hybridized carbons (Fsp3) is 0.250. The minimum Gasteiger partial charge on any atom is -0.496 e. The first kappa shape index (κ1) is 13.3. The molecular formula is C16H15ClFNO. The SMILES string of the molecule is COc1ccc(Cl)cc1C1Cc2c(F)ccc(C)c2N1. The molecule has 2 aromatic rings. The first-order valence-electron chi connectivity index (χ1n) is 6.48. The summed E-state index contributed by atoms with van der Waals surface area (Å²) in [6.45, 7) is 1.98. The fourth-order valence-corrected chi connectivity index (χ4v) is 2.92. The molecule has 0 radical (unpaired) electrons. The molecule has 4 heteroatoms. The molecule has 1 N–H and O–H groups in total. The van der Waals surface area contributed by atoms with Gasteiger partial charge in [0.05, 0.1) is 13.2 Å². The van der Waals surface area contributed by atoms with Crippen LogP contribution in [0.3, 0.4) is 0 Å². The third-order valence-corrected chi connectivity index (χ3v) is 3.99. The Morgan fingerprint density at radius 2 is 2.10 bits per heavy atom. The van der Waals surface area contributed by atoms with Crippen molar-refractivity contribution in [2.45, 2.75) is 19.4 Å². The molecule has 104 valence electrons. The van der Waals surface area contributed by atoms with Crippen molar-refractivity contribution in [2.24, 2.45) is 0 Å². The molecule has 3 rings (SSSR count). The van der Waals surface area contributed by atoms with E-state index in [1.54, 1.807) is 19.2 Å². The van der Waals surface area contributed by atoms with Gasteiger partial charge in [0.15, 0.2) is 0 Å². The normalized spacial score (nSPS) is 16.7. The molecule has 0 saturated heterocycles. The summed E-state index contributed by atoms with van der Waals surface area (Å²) in [5.41, 5.74) is 3.62. The quantitative estimate of drug-likeness (QED) is 0.879. The molecule has 2 aromatic carbocycles. The number of anilines is 1. The Kier molecular flexibility index (Phi) is 3.30. The van der Waals surface area contributed by atoms with Gasteiger partial charge in [-0.05, 0) is 36.8 Å². The Bertz CT molecular complexity index is 641. The van der Waals surface area contributed by atoms with Crippen LogP contribution in [0.4, 0.5) is 10.1 Å². The maximum Gasteiger partial charge on any atom is 0.128 e. The Morgan fingerprint density at radius 1 is 1.30 bits per heavy atom. The number of benzene rings is 2. The number of hydrogen-bond donors (Lipinski definition) is 1. The number of rotatable bonds is 2. The molecule has 0 fully saturated rings. The van der Waals surface area contributed by atoms with E-state index in [9.17, 15) is 4.39 Å². The number of hydrogen-bond acceptors (Lipinski definition) is 2. The summed E-state index contributed by atoms with van der Waals surface area (Å²) in [6.07, 6.45) is 0.597. The van der Waals surface area contributed by atoms with E-state index >= 15 is 0 Å². The van der Waals surface area contributed by atoms with E-state index in [0.717, 1.165) is 28.1 Å². The molecule has 1 aliphatic heterocycles. The molecule has 0 amide bonds. The fourth-order valence-electron chi connectivity index (χ4n) is 2.73. The molecule has 1 heterocycles. The van der Waals surface area contributed by atoms with E-state index in [1.807, 2.05) is 19.1 Å². The first-order valence-corrected chi connectivity index (χ1v) is 6.86. The van der Waals surface area contributed by atoms with Crippen LogP contribution >= 0.6 is 11.6 Å². The summed E-state index contributed by atoms with van der Waals surface area (Å²) in [4.78, 5) is 0. The second-order valence-corrected chi connectivity index (χ2v) is 5.44. The zero-order valence-electron chi connectivity index (χ0n) is 11.3. The third-order valence-electron chi connectivity index (χ3n) is 3.76. The van der Waals surface area contributed by atoms with E-state index in [1.165, 1.54) is 6.07 Å². The lowest BCUT2D eigenvalue weighted by Gasteiger charge is -2.16. The van der Waals surface area contributed by atoms with Gasteiger partial charge in [-0.3, -0.25) is 0 Å². The lowest BCUT2D eigenvalue weighted by atomic mass is 10.0. The van der Waals surface area contributed by atoms with Gasteiger partial charge in [0, 0.05) is 28.3 Å². The smallest absolute Gasteiger partial charge is 0.128 e. The van der Waals surface area contributed by atoms with E-state index in [-0.39, 0.29) is 11.9 Å². The van der Waals surface area contributed by atoms with Crippen LogP contribution < -0.4 is 10.1 Å². The molecule has 0 aromatic heterocycles. The Hall–Kier alpha value is -1.74. The molecule has 0 saturated carbocycles. The van der Waals surface area contributed by atoms with E-state index in [4.69, 9.17) is 16.3 Å². The minimum absolute atomic E-state index is 0.0192. The van der Waals surface area contributed by atoms with Crippen molar-refractivity contribution in [3.05, 3.63) is 57.9 Å². The topological polar surface area (TPSA) is 21.3 Å². The van der Waals surface area contributed by atoms with Crippen LogP contribution in [0.1, 0.15) is 22.7 Å². The van der Waals surface area contributed by atoms with Crippen molar-refractivity contribution in [3.8, 4) is 5.75 Å². The predicted octanol–water partition coefficient (Wildman–Crippen LogP) is 4.51. The third kappa shape index (κ3) is 2.12. The number of nitrogens with one attached hydrogen (secondary N) is 1. The number of ether oxygens (including phenoxy) is 1. The molecule has 0 bridgehead atoms. The summed E-state index contributed by atoms with van der Waals surface area (Å²) >= 11 is 6.07. The Labute approximate surface area is 122 Å². The van der Waals surface area contributed by atoms with Gasteiger partial charge >= 0.3 is 0 Å². The molecule has 1 aliphatic rings. The highest BCUT2D eigenvalue weighted by Gasteiger charge is 2.28. The summed E-state index contributed by atoms with van der Waals surface area (Å²) in [7, 11) is 1.63. The van der Waals surface area contributed by atoms with Gasteiger partial charge in [0.1, 0.15) is 11.6 Å². The van der Waals surface area contributed by atoms with E-state index in [2.05, 4.69) is 5.32 Å². The van der Waals surface area contributed by atoms with Crippen LogP contribution in [0, 0.1) is 12.7 Å².